The van der Waals surface area contributed by atoms with E-state index < -0.39 is 0 Å². The molecule has 1 aromatic carbocycles. The van der Waals surface area contributed by atoms with Crippen molar-refractivity contribution in [3.8, 4) is 5.75 Å². The van der Waals surface area contributed by atoms with Gasteiger partial charge in [0.1, 0.15) is 5.75 Å². The SMILES string of the molecule is COCC(C)NCCN(C)c1cccc(OC)c1. The first-order valence-corrected chi connectivity index (χ1v) is 6.25. The molecule has 0 fully saturated rings. The van der Waals surface area contributed by atoms with Crippen LogP contribution in [0.1, 0.15) is 6.92 Å². The Hall–Kier alpha value is -1.26. The fourth-order valence-electron chi connectivity index (χ4n) is 1.76. The van der Waals surface area contributed by atoms with Crippen molar-refractivity contribution in [2.45, 2.75) is 13.0 Å². The van der Waals surface area contributed by atoms with E-state index in [1.165, 1.54) is 0 Å². The summed E-state index contributed by atoms with van der Waals surface area (Å²) in [6.45, 7) is 4.73. The fourth-order valence-corrected chi connectivity index (χ4v) is 1.76. The van der Waals surface area contributed by atoms with E-state index in [-0.39, 0.29) is 0 Å². The monoisotopic (exact) mass is 252 g/mol. The van der Waals surface area contributed by atoms with Crippen LogP contribution in [0, 0.1) is 0 Å². The molecule has 4 nitrogen and oxygen atoms in total. The van der Waals surface area contributed by atoms with Crippen LogP contribution in [-0.2, 0) is 4.74 Å². The summed E-state index contributed by atoms with van der Waals surface area (Å²) in [5.41, 5.74) is 1.16. The number of benzene rings is 1. The molecule has 1 rings (SSSR count). The maximum Gasteiger partial charge on any atom is 0.120 e. The summed E-state index contributed by atoms with van der Waals surface area (Å²) in [4.78, 5) is 2.20. The van der Waals surface area contributed by atoms with Gasteiger partial charge in [0.15, 0.2) is 0 Å². The van der Waals surface area contributed by atoms with Crippen molar-refractivity contribution in [3.63, 3.8) is 0 Å². The number of ether oxygens (including phenoxy) is 2. The highest BCUT2D eigenvalue weighted by atomic mass is 16.5. The number of methoxy groups -OCH3 is 2. The molecule has 0 aromatic heterocycles. The standard InChI is InChI=1S/C14H24N2O2/c1-12(11-17-3)15-8-9-16(2)13-6-5-7-14(10-13)18-4/h5-7,10,12,15H,8-9,11H2,1-4H3. The van der Waals surface area contributed by atoms with Gasteiger partial charge in [0.2, 0.25) is 0 Å². The van der Waals surface area contributed by atoms with E-state index >= 15 is 0 Å². The summed E-state index contributed by atoms with van der Waals surface area (Å²) in [5.74, 6) is 0.889. The van der Waals surface area contributed by atoms with Crippen LogP contribution in [0.5, 0.6) is 5.75 Å². The van der Waals surface area contributed by atoms with E-state index in [9.17, 15) is 0 Å². The van der Waals surface area contributed by atoms with Gasteiger partial charge in [-0.15, -0.1) is 0 Å². The zero-order chi connectivity index (χ0) is 13.4. The average Bonchev–Trinajstić information content (AvgIpc) is 2.39. The summed E-state index contributed by atoms with van der Waals surface area (Å²) in [5, 5.41) is 3.41. The molecule has 1 N–H and O–H groups in total. The van der Waals surface area contributed by atoms with Crippen LogP contribution in [0.25, 0.3) is 0 Å². The van der Waals surface area contributed by atoms with E-state index in [0.29, 0.717) is 6.04 Å². The van der Waals surface area contributed by atoms with Crippen molar-refractivity contribution in [1.29, 1.82) is 0 Å². The molecular formula is C14H24N2O2. The second-order valence-corrected chi connectivity index (χ2v) is 4.43. The molecule has 1 atom stereocenters. The molecular weight excluding hydrogens is 228 g/mol. The highest BCUT2D eigenvalue weighted by molar-refractivity contribution is 5.50. The molecule has 1 aromatic rings. The van der Waals surface area contributed by atoms with Gasteiger partial charge in [-0.1, -0.05) is 6.07 Å². The van der Waals surface area contributed by atoms with Gasteiger partial charge >= 0.3 is 0 Å². The Bertz CT molecular complexity index is 344. The second-order valence-electron chi connectivity index (χ2n) is 4.43. The first kappa shape index (κ1) is 14.8. The van der Waals surface area contributed by atoms with E-state index in [1.807, 2.05) is 18.2 Å². The molecule has 0 aliphatic heterocycles. The molecule has 0 radical (unpaired) electrons. The molecule has 4 heteroatoms. The van der Waals surface area contributed by atoms with Crippen molar-refractivity contribution in [1.82, 2.24) is 5.32 Å². The molecule has 102 valence electrons. The van der Waals surface area contributed by atoms with Gasteiger partial charge in [-0.3, -0.25) is 0 Å². The number of likely N-dealkylation sites (N-methyl/N-ethyl adjacent to an activating group) is 1. The molecule has 0 spiro atoms. The molecule has 0 aliphatic carbocycles. The predicted octanol–water partition coefficient (Wildman–Crippen LogP) is 1.76. The highest BCUT2D eigenvalue weighted by Crippen LogP contribution is 2.19. The van der Waals surface area contributed by atoms with Crippen LogP contribution in [0.4, 0.5) is 5.69 Å². The molecule has 0 saturated heterocycles. The molecule has 0 bridgehead atoms. The summed E-state index contributed by atoms with van der Waals surface area (Å²) in [6.07, 6.45) is 0. The molecule has 0 aliphatic rings. The lowest BCUT2D eigenvalue weighted by molar-refractivity contribution is 0.173. The topological polar surface area (TPSA) is 33.7 Å². The van der Waals surface area contributed by atoms with Gasteiger partial charge in [-0.2, -0.15) is 0 Å². The van der Waals surface area contributed by atoms with Crippen LogP contribution >= 0.6 is 0 Å². The number of hydrogen-bond acceptors (Lipinski definition) is 4. The number of anilines is 1. The van der Waals surface area contributed by atoms with E-state index in [4.69, 9.17) is 9.47 Å². The maximum atomic E-state index is 5.22. The lowest BCUT2D eigenvalue weighted by Crippen LogP contribution is -2.36. The third kappa shape index (κ3) is 4.94. The average molecular weight is 252 g/mol. The zero-order valence-electron chi connectivity index (χ0n) is 11.8. The normalized spacial score (nSPS) is 12.2. The quantitative estimate of drug-likeness (QED) is 0.764. The first-order valence-electron chi connectivity index (χ1n) is 6.25. The number of nitrogens with one attached hydrogen (secondary N) is 1. The lowest BCUT2D eigenvalue weighted by atomic mass is 10.2. The third-order valence-corrected chi connectivity index (χ3v) is 2.85. The van der Waals surface area contributed by atoms with E-state index in [0.717, 1.165) is 31.1 Å². The minimum atomic E-state index is 0.383. The van der Waals surface area contributed by atoms with Crippen molar-refractivity contribution in [2.24, 2.45) is 0 Å². The lowest BCUT2D eigenvalue weighted by Gasteiger charge is -2.21. The van der Waals surface area contributed by atoms with Gasteiger partial charge in [-0.25, -0.2) is 0 Å². The van der Waals surface area contributed by atoms with Crippen molar-refractivity contribution < 1.29 is 9.47 Å². The van der Waals surface area contributed by atoms with E-state index in [1.54, 1.807) is 14.2 Å². The van der Waals surface area contributed by atoms with Crippen molar-refractivity contribution in [2.75, 3.05) is 45.9 Å². The Morgan fingerprint density at radius 1 is 1.33 bits per heavy atom. The van der Waals surface area contributed by atoms with Gasteiger partial charge < -0.3 is 19.7 Å². The largest absolute Gasteiger partial charge is 0.497 e. The van der Waals surface area contributed by atoms with Gasteiger partial charge in [0.25, 0.3) is 0 Å². The Balaban J connectivity index is 2.37. The summed E-state index contributed by atoms with van der Waals surface area (Å²) in [7, 11) is 5.49. The van der Waals surface area contributed by atoms with E-state index in [2.05, 4.69) is 30.3 Å². The Morgan fingerprint density at radius 3 is 2.78 bits per heavy atom. The van der Waals surface area contributed by atoms with Crippen molar-refractivity contribution >= 4 is 5.69 Å². The Morgan fingerprint density at radius 2 is 2.11 bits per heavy atom. The summed E-state index contributed by atoms with van der Waals surface area (Å²) < 4.78 is 10.3. The van der Waals surface area contributed by atoms with Crippen LogP contribution in [0.2, 0.25) is 0 Å². The fraction of sp³-hybridized carbons (Fsp3) is 0.571. The number of hydrogen-bond donors (Lipinski definition) is 1. The maximum absolute atomic E-state index is 5.22. The first-order chi connectivity index (χ1) is 8.67. The van der Waals surface area contributed by atoms with Crippen LogP contribution in [0.3, 0.4) is 0 Å². The number of rotatable bonds is 8. The third-order valence-electron chi connectivity index (χ3n) is 2.85. The van der Waals surface area contributed by atoms with Crippen LogP contribution in [0.15, 0.2) is 24.3 Å². The number of nitrogens with zero attached hydrogens (tertiary/aromatic N) is 1. The van der Waals surface area contributed by atoms with Gasteiger partial charge in [-0.05, 0) is 19.1 Å². The molecule has 0 saturated carbocycles. The zero-order valence-corrected chi connectivity index (χ0v) is 11.8. The Labute approximate surface area is 110 Å². The Kier molecular flexibility index (Phi) is 6.54. The smallest absolute Gasteiger partial charge is 0.120 e. The predicted molar refractivity (Wildman–Crippen MR) is 75.6 cm³/mol. The minimum Gasteiger partial charge on any atom is -0.497 e. The highest BCUT2D eigenvalue weighted by Gasteiger charge is 2.04. The molecule has 0 heterocycles. The van der Waals surface area contributed by atoms with Crippen LogP contribution < -0.4 is 15.0 Å². The van der Waals surface area contributed by atoms with Crippen molar-refractivity contribution in [3.05, 3.63) is 24.3 Å². The molecule has 1 unspecified atom stereocenters. The minimum absolute atomic E-state index is 0.383. The van der Waals surface area contributed by atoms with Gasteiger partial charge in [0, 0.05) is 45.0 Å². The molecule has 0 amide bonds. The van der Waals surface area contributed by atoms with Gasteiger partial charge in [0.05, 0.1) is 13.7 Å². The van der Waals surface area contributed by atoms with Crippen LogP contribution in [-0.4, -0.2) is 47.0 Å². The second kappa shape index (κ2) is 7.95. The summed E-state index contributed by atoms with van der Waals surface area (Å²) in [6, 6.07) is 8.47. The molecule has 18 heavy (non-hydrogen) atoms. The summed E-state index contributed by atoms with van der Waals surface area (Å²) >= 11 is 0.